The third-order valence-electron chi connectivity index (χ3n) is 4.31. The smallest absolute Gasteiger partial charge is 0.469 e. The number of phosphoric acid groups is 1. The predicted molar refractivity (Wildman–Crippen MR) is 114 cm³/mol. The lowest BCUT2D eigenvalue weighted by atomic mass is 9.87. The number of hydrogen-bond acceptors (Lipinski definition) is 10. The molecule has 2 atom stereocenters. The molecule has 0 bridgehead atoms. The van der Waals surface area contributed by atoms with Crippen LogP contribution in [0.2, 0.25) is 0 Å². The summed E-state index contributed by atoms with van der Waals surface area (Å²) in [5, 5.41) is 6.67. The van der Waals surface area contributed by atoms with E-state index in [1.165, 1.54) is 11.8 Å². The standard InChI is InChI=1S/C17H25IN3O9P/c1-17(2)9-28-31(25,30-14(17)15(23)19-6-5-13(22)26-4)29-10-27-16(24)12-7-11(8-18)20-21(12)3/h7,14H,5-6,8-10H2,1-4H3,(H,19,23)/t14-,31+/m0/s1. The first-order chi connectivity index (χ1) is 14.5. The van der Waals surface area contributed by atoms with Gasteiger partial charge in [0, 0.05) is 23.4 Å². The molecule has 1 aromatic heterocycles. The van der Waals surface area contributed by atoms with Crippen LogP contribution >= 0.6 is 30.4 Å². The molecule has 2 heterocycles. The van der Waals surface area contributed by atoms with Crippen LogP contribution in [0.4, 0.5) is 0 Å². The van der Waals surface area contributed by atoms with E-state index >= 15 is 0 Å². The Bertz CT molecular complexity index is 873. The van der Waals surface area contributed by atoms with Gasteiger partial charge < -0.3 is 14.8 Å². The molecule has 0 aromatic carbocycles. The topological polar surface area (TPSA) is 144 Å². The van der Waals surface area contributed by atoms with E-state index in [4.69, 9.17) is 18.3 Å². The van der Waals surface area contributed by atoms with Crippen LogP contribution in [0.1, 0.15) is 36.5 Å². The van der Waals surface area contributed by atoms with E-state index < -0.39 is 44.0 Å². The van der Waals surface area contributed by atoms with Gasteiger partial charge in [0.2, 0.25) is 12.7 Å². The zero-order valence-corrected chi connectivity index (χ0v) is 20.6. The maximum Gasteiger partial charge on any atom is 0.478 e. The molecule has 1 saturated heterocycles. The van der Waals surface area contributed by atoms with Crippen molar-refractivity contribution < 1.29 is 42.0 Å². The highest BCUT2D eigenvalue weighted by molar-refractivity contribution is 14.1. The summed E-state index contributed by atoms with van der Waals surface area (Å²) in [4.78, 5) is 35.8. The zero-order valence-electron chi connectivity index (χ0n) is 17.6. The number of rotatable bonds is 9. The van der Waals surface area contributed by atoms with Crippen molar-refractivity contribution in [2.45, 2.75) is 30.8 Å². The van der Waals surface area contributed by atoms with Crippen LogP contribution in [-0.4, -0.2) is 60.8 Å². The van der Waals surface area contributed by atoms with Crippen molar-refractivity contribution in [3.8, 4) is 0 Å². The summed E-state index contributed by atoms with van der Waals surface area (Å²) < 4.78 is 39.8. The molecule has 2 rings (SSSR count). The van der Waals surface area contributed by atoms with Crippen LogP contribution in [0.5, 0.6) is 0 Å². The summed E-state index contributed by atoms with van der Waals surface area (Å²) in [6, 6.07) is 1.57. The minimum atomic E-state index is -4.17. The molecule has 1 N–H and O–H groups in total. The molecule has 0 spiro atoms. The highest BCUT2D eigenvalue weighted by Gasteiger charge is 2.49. The molecule has 1 aromatic rings. The number of nitrogens with one attached hydrogen (secondary N) is 1. The molecule has 1 fully saturated rings. The summed E-state index contributed by atoms with van der Waals surface area (Å²) in [6.07, 6.45) is -1.20. The third-order valence-corrected chi connectivity index (χ3v) is 6.43. The quantitative estimate of drug-likeness (QED) is 0.153. The fourth-order valence-corrected chi connectivity index (χ4v) is 4.46. The van der Waals surface area contributed by atoms with E-state index in [2.05, 4.69) is 37.7 Å². The van der Waals surface area contributed by atoms with Crippen LogP contribution in [0, 0.1) is 5.41 Å². The van der Waals surface area contributed by atoms with Crippen LogP contribution in [0.25, 0.3) is 0 Å². The molecule has 0 aliphatic carbocycles. The van der Waals surface area contributed by atoms with E-state index in [9.17, 15) is 18.9 Å². The molecule has 1 amide bonds. The van der Waals surface area contributed by atoms with Gasteiger partial charge in [0.05, 0.1) is 25.8 Å². The number of methoxy groups -OCH3 is 1. The van der Waals surface area contributed by atoms with Crippen LogP contribution in [0.3, 0.4) is 0 Å². The maximum absolute atomic E-state index is 12.8. The number of carbonyl (C=O) groups excluding carboxylic acids is 3. The van der Waals surface area contributed by atoms with E-state index in [0.29, 0.717) is 10.1 Å². The van der Waals surface area contributed by atoms with Crippen LogP contribution < -0.4 is 5.32 Å². The third kappa shape index (κ3) is 6.97. The van der Waals surface area contributed by atoms with E-state index in [1.54, 1.807) is 27.0 Å². The average Bonchev–Trinajstić information content (AvgIpc) is 3.10. The lowest BCUT2D eigenvalue weighted by Gasteiger charge is -2.39. The van der Waals surface area contributed by atoms with Crippen LogP contribution in [-0.2, 0) is 48.7 Å². The van der Waals surface area contributed by atoms with E-state index in [0.717, 1.165) is 0 Å². The number of esters is 2. The number of ether oxygens (including phenoxy) is 2. The number of hydrogen-bond donors (Lipinski definition) is 1. The Morgan fingerprint density at radius 1 is 1.42 bits per heavy atom. The Morgan fingerprint density at radius 3 is 2.74 bits per heavy atom. The normalized spacial score (nSPS) is 22.5. The van der Waals surface area contributed by atoms with Gasteiger partial charge in [0.1, 0.15) is 5.69 Å². The molecule has 0 radical (unpaired) electrons. The van der Waals surface area contributed by atoms with Crippen molar-refractivity contribution in [2.24, 2.45) is 12.5 Å². The summed E-state index contributed by atoms with van der Waals surface area (Å²) in [5.41, 5.74) is 0.0717. The van der Waals surface area contributed by atoms with Gasteiger partial charge in [-0.3, -0.25) is 23.3 Å². The number of nitrogens with zero attached hydrogens (tertiary/aromatic N) is 2. The van der Waals surface area contributed by atoms with Crippen molar-refractivity contribution in [1.29, 1.82) is 0 Å². The molecule has 0 saturated carbocycles. The fraction of sp³-hybridized carbons (Fsp3) is 0.647. The van der Waals surface area contributed by atoms with E-state index in [-0.39, 0.29) is 25.3 Å². The van der Waals surface area contributed by atoms with Crippen LogP contribution in [0.15, 0.2) is 6.07 Å². The number of aryl methyl sites for hydroxylation is 1. The van der Waals surface area contributed by atoms with Gasteiger partial charge in [-0.05, 0) is 6.07 Å². The van der Waals surface area contributed by atoms with Gasteiger partial charge in [-0.15, -0.1) is 0 Å². The molecular formula is C17H25IN3O9P. The monoisotopic (exact) mass is 573 g/mol. The second-order valence-corrected chi connectivity index (χ2v) is 9.65. The molecule has 12 nitrogen and oxygen atoms in total. The first kappa shape index (κ1) is 25.7. The average molecular weight is 573 g/mol. The lowest BCUT2D eigenvalue weighted by molar-refractivity contribution is -0.144. The minimum absolute atomic E-state index is 0.0228. The van der Waals surface area contributed by atoms with Gasteiger partial charge in [0.15, 0.2) is 6.10 Å². The Labute approximate surface area is 193 Å². The number of phosphoric ester groups is 1. The number of amides is 1. The van der Waals surface area contributed by atoms with Gasteiger partial charge >= 0.3 is 19.8 Å². The molecular weight excluding hydrogens is 548 g/mol. The second kappa shape index (κ2) is 10.9. The summed E-state index contributed by atoms with van der Waals surface area (Å²) >= 11 is 2.11. The van der Waals surface area contributed by atoms with Gasteiger partial charge in [0.25, 0.3) is 0 Å². The van der Waals surface area contributed by atoms with E-state index in [1.807, 2.05) is 0 Å². The highest BCUT2D eigenvalue weighted by Crippen LogP contribution is 2.57. The molecule has 14 heteroatoms. The number of alkyl halides is 1. The Hall–Kier alpha value is -1.54. The van der Waals surface area contributed by atoms with Gasteiger partial charge in [-0.25, -0.2) is 13.9 Å². The molecule has 174 valence electrons. The highest BCUT2D eigenvalue weighted by atomic mass is 127. The maximum atomic E-state index is 12.8. The number of halogens is 1. The summed E-state index contributed by atoms with van der Waals surface area (Å²) in [6.45, 7) is 2.59. The van der Waals surface area contributed by atoms with Gasteiger partial charge in [-0.1, -0.05) is 36.4 Å². The molecule has 1 aliphatic rings. The molecule has 1 aliphatic heterocycles. The molecule has 31 heavy (non-hydrogen) atoms. The Balaban J connectivity index is 1.92. The minimum Gasteiger partial charge on any atom is -0.469 e. The summed E-state index contributed by atoms with van der Waals surface area (Å²) in [5.74, 6) is -1.80. The predicted octanol–water partition coefficient (Wildman–Crippen LogP) is 1.71. The first-order valence-electron chi connectivity index (χ1n) is 9.19. The Morgan fingerprint density at radius 2 is 2.13 bits per heavy atom. The fourth-order valence-electron chi connectivity index (χ4n) is 2.58. The lowest BCUT2D eigenvalue weighted by Crippen LogP contribution is -2.50. The number of carbonyl (C=O) groups is 3. The van der Waals surface area contributed by atoms with Crippen molar-refractivity contribution in [2.75, 3.05) is 27.1 Å². The SMILES string of the molecule is COC(=O)CCNC(=O)[C@@H]1O[P@@](=O)(OCOC(=O)c2cc(CI)nn2C)OCC1(C)C. The Kier molecular flexibility index (Phi) is 9.01. The first-order valence-corrected chi connectivity index (χ1v) is 12.2. The van der Waals surface area contributed by atoms with Crippen molar-refractivity contribution in [3.05, 3.63) is 17.5 Å². The number of aromatic nitrogens is 2. The second-order valence-electron chi connectivity index (χ2n) is 7.27. The summed E-state index contributed by atoms with van der Waals surface area (Å²) in [7, 11) is -1.34. The zero-order chi connectivity index (χ0) is 23.2. The van der Waals surface area contributed by atoms with Crippen molar-refractivity contribution in [1.82, 2.24) is 15.1 Å². The molecule has 0 unspecified atom stereocenters. The van der Waals surface area contributed by atoms with Crippen molar-refractivity contribution >= 4 is 48.3 Å². The van der Waals surface area contributed by atoms with Crippen molar-refractivity contribution in [3.63, 3.8) is 0 Å². The largest absolute Gasteiger partial charge is 0.478 e. The van der Waals surface area contributed by atoms with Gasteiger partial charge in [-0.2, -0.15) is 5.10 Å².